The van der Waals surface area contributed by atoms with Crippen molar-refractivity contribution in [2.24, 2.45) is 0 Å². The Balaban J connectivity index is 0.00000280. The molecule has 150 valence electrons. The van der Waals surface area contributed by atoms with E-state index in [1.54, 1.807) is 0 Å². The van der Waals surface area contributed by atoms with E-state index in [4.69, 9.17) is 0 Å². The second-order valence-electron chi connectivity index (χ2n) is 8.46. The minimum atomic E-state index is 0. The van der Waals surface area contributed by atoms with Crippen molar-refractivity contribution < 1.29 is 17.0 Å². The lowest BCUT2D eigenvalue weighted by Gasteiger charge is -2.16. The Morgan fingerprint density at radius 1 is 0.893 bits per heavy atom. The molecule has 0 radical (unpaired) electrons. The summed E-state index contributed by atoms with van der Waals surface area (Å²) >= 11 is 0. The summed E-state index contributed by atoms with van der Waals surface area (Å²) < 4.78 is 4.61. The average Bonchev–Trinajstić information content (AvgIpc) is 3.05. The number of aryl methyl sites for hydroxylation is 3. The Kier molecular flexibility index (Phi) is 7.11. The van der Waals surface area contributed by atoms with Crippen molar-refractivity contribution in [1.29, 1.82) is 0 Å². The van der Waals surface area contributed by atoms with E-state index in [1.165, 1.54) is 39.1 Å². The van der Waals surface area contributed by atoms with Crippen LogP contribution in [0.25, 0.3) is 5.69 Å². The van der Waals surface area contributed by atoms with Crippen LogP contribution in [0.5, 0.6) is 0 Å². The summed E-state index contributed by atoms with van der Waals surface area (Å²) in [5.41, 5.74) is 9.67. The molecule has 0 bridgehead atoms. The average molecular weight is 397 g/mol. The predicted molar refractivity (Wildman–Crippen MR) is 114 cm³/mol. The molecule has 28 heavy (non-hydrogen) atoms. The van der Waals surface area contributed by atoms with Crippen molar-refractivity contribution >= 4 is 0 Å². The molecule has 2 aromatic carbocycles. The molecular weight excluding hydrogens is 364 g/mol. The van der Waals surface area contributed by atoms with Gasteiger partial charge in [0.15, 0.2) is 0 Å². The number of hydrogen-bond donors (Lipinski definition) is 0. The second-order valence-corrected chi connectivity index (χ2v) is 8.46. The van der Waals surface area contributed by atoms with Crippen LogP contribution in [0.15, 0.2) is 49.1 Å². The van der Waals surface area contributed by atoms with Crippen molar-refractivity contribution in [2.75, 3.05) is 0 Å². The molecule has 3 aromatic rings. The Labute approximate surface area is 176 Å². The number of para-hydroxylation sites is 1. The van der Waals surface area contributed by atoms with Gasteiger partial charge in [0, 0.05) is 11.1 Å². The number of nitrogens with zero attached hydrogens (tertiary/aromatic N) is 2. The van der Waals surface area contributed by atoms with E-state index in [1.807, 2.05) is 0 Å². The largest absolute Gasteiger partial charge is 1.00 e. The highest BCUT2D eigenvalue weighted by atomic mass is 35.5. The van der Waals surface area contributed by atoms with Gasteiger partial charge in [0.05, 0.1) is 0 Å². The third-order valence-electron chi connectivity index (χ3n) is 5.47. The third kappa shape index (κ3) is 4.50. The third-order valence-corrected chi connectivity index (χ3v) is 5.47. The summed E-state index contributed by atoms with van der Waals surface area (Å²) in [6, 6.07) is 11.3. The maximum atomic E-state index is 2.31. The quantitative estimate of drug-likeness (QED) is 0.586. The molecule has 0 aliphatic rings. The number of hydrogen-bond acceptors (Lipinski definition) is 0. The van der Waals surface area contributed by atoms with Crippen LogP contribution in [0.4, 0.5) is 0 Å². The van der Waals surface area contributed by atoms with Gasteiger partial charge in [0.25, 0.3) is 0 Å². The number of imidazole rings is 1. The summed E-state index contributed by atoms with van der Waals surface area (Å²) in [4.78, 5) is 0. The molecule has 0 aliphatic heterocycles. The summed E-state index contributed by atoms with van der Waals surface area (Å²) in [6.07, 6.45) is 6.64. The van der Waals surface area contributed by atoms with Crippen LogP contribution in [0.2, 0.25) is 0 Å². The lowest BCUT2D eigenvalue weighted by atomic mass is 9.92. The van der Waals surface area contributed by atoms with E-state index in [0.29, 0.717) is 11.8 Å². The van der Waals surface area contributed by atoms with Crippen LogP contribution in [0, 0.1) is 20.8 Å². The lowest BCUT2D eigenvalue weighted by molar-refractivity contribution is -0.687. The van der Waals surface area contributed by atoms with Crippen molar-refractivity contribution in [3.63, 3.8) is 0 Å². The van der Waals surface area contributed by atoms with Gasteiger partial charge in [-0.05, 0) is 49.3 Å². The Morgan fingerprint density at radius 3 is 1.93 bits per heavy atom. The van der Waals surface area contributed by atoms with Crippen molar-refractivity contribution in [2.45, 2.75) is 66.8 Å². The molecular formula is C25H33ClN2. The molecule has 0 N–H and O–H groups in total. The van der Waals surface area contributed by atoms with E-state index in [0.717, 1.165) is 6.54 Å². The normalized spacial score (nSPS) is 11.2. The van der Waals surface area contributed by atoms with Crippen LogP contribution in [-0.4, -0.2) is 4.57 Å². The van der Waals surface area contributed by atoms with E-state index >= 15 is 0 Å². The lowest BCUT2D eigenvalue weighted by Crippen LogP contribution is -3.00. The van der Waals surface area contributed by atoms with Gasteiger partial charge >= 0.3 is 0 Å². The summed E-state index contributed by atoms with van der Waals surface area (Å²) in [5.74, 6) is 0.993. The SMILES string of the molecule is Cc1cc(C)c(C[n+]2ccn(-c3c(C(C)C)cccc3C(C)C)c2)c(C)c1.[Cl-]. The monoisotopic (exact) mass is 396 g/mol. The maximum absolute atomic E-state index is 2.31. The summed E-state index contributed by atoms with van der Waals surface area (Å²) in [5, 5.41) is 0. The van der Waals surface area contributed by atoms with Crippen LogP contribution in [0.1, 0.15) is 72.9 Å². The summed E-state index contributed by atoms with van der Waals surface area (Å²) in [7, 11) is 0. The zero-order valence-corrected chi connectivity index (χ0v) is 19.0. The van der Waals surface area contributed by atoms with Crippen LogP contribution >= 0.6 is 0 Å². The first kappa shape index (κ1) is 22.2. The molecule has 0 atom stereocenters. The highest BCUT2D eigenvalue weighted by Gasteiger charge is 2.20. The molecule has 0 aliphatic carbocycles. The van der Waals surface area contributed by atoms with E-state index in [-0.39, 0.29) is 12.4 Å². The van der Waals surface area contributed by atoms with E-state index in [9.17, 15) is 0 Å². The van der Waals surface area contributed by atoms with Gasteiger partial charge in [-0.3, -0.25) is 0 Å². The van der Waals surface area contributed by atoms with Crippen LogP contribution in [0.3, 0.4) is 0 Å². The highest BCUT2D eigenvalue weighted by Crippen LogP contribution is 2.30. The zero-order valence-electron chi connectivity index (χ0n) is 18.3. The first-order valence-corrected chi connectivity index (χ1v) is 10.0. The molecule has 1 heterocycles. The number of halogens is 1. The van der Waals surface area contributed by atoms with Crippen molar-refractivity contribution in [3.8, 4) is 5.69 Å². The van der Waals surface area contributed by atoms with Crippen LogP contribution < -0.4 is 17.0 Å². The van der Waals surface area contributed by atoms with Gasteiger partial charge in [-0.15, -0.1) is 0 Å². The minimum absolute atomic E-state index is 0. The van der Waals surface area contributed by atoms with Gasteiger partial charge in [0.1, 0.15) is 24.6 Å². The fraction of sp³-hybridized carbons (Fsp3) is 0.400. The molecule has 0 spiro atoms. The fourth-order valence-corrected chi connectivity index (χ4v) is 4.07. The fourth-order valence-electron chi connectivity index (χ4n) is 4.07. The molecule has 0 saturated carbocycles. The Morgan fingerprint density at radius 2 is 1.43 bits per heavy atom. The van der Waals surface area contributed by atoms with E-state index in [2.05, 4.69) is 107 Å². The maximum Gasteiger partial charge on any atom is 0.249 e. The van der Waals surface area contributed by atoms with Crippen LogP contribution in [-0.2, 0) is 6.54 Å². The number of benzene rings is 2. The van der Waals surface area contributed by atoms with Gasteiger partial charge < -0.3 is 12.4 Å². The second kappa shape index (κ2) is 8.96. The molecule has 1 aromatic heterocycles. The van der Waals surface area contributed by atoms with Gasteiger partial charge in [-0.2, -0.15) is 0 Å². The molecule has 2 nitrogen and oxygen atoms in total. The molecule has 3 rings (SSSR count). The topological polar surface area (TPSA) is 8.81 Å². The van der Waals surface area contributed by atoms with Gasteiger partial charge in [-0.1, -0.05) is 63.6 Å². The predicted octanol–water partition coefficient (Wildman–Crippen LogP) is 2.99. The standard InChI is InChI=1S/C25H33N2.ClH/c1-17(2)22-9-8-10-23(18(3)4)25(22)27-12-11-26(16-27)15-24-20(6)13-19(5)14-21(24)7;/h8-14,16-18H,15H2,1-7H3;1H/q+1;/p-1. The minimum Gasteiger partial charge on any atom is -1.00 e. The van der Waals surface area contributed by atoms with E-state index < -0.39 is 0 Å². The highest BCUT2D eigenvalue weighted by molar-refractivity contribution is 5.51. The molecule has 0 unspecified atom stereocenters. The smallest absolute Gasteiger partial charge is 0.249 e. The first-order valence-electron chi connectivity index (χ1n) is 10.0. The molecule has 0 amide bonds. The molecule has 0 fully saturated rings. The first-order chi connectivity index (χ1) is 12.8. The molecule has 3 heteroatoms. The van der Waals surface area contributed by atoms with Crippen molar-refractivity contribution in [3.05, 3.63) is 82.4 Å². The Bertz CT molecular complexity index is 902. The van der Waals surface area contributed by atoms with Crippen molar-refractivity contribution in [1.82, 2.24) is 4.57 Å². The Hall–Kier alpha value is -2.06. The molecule has 0 saturated heterocycles. The van der Waals surface area contributed by atoms with Gasteiger partial charge in [0.2, 0.25) is 6.33 Å². The summed E-state index contributed by atoms with van der Waals surface area (Å²) in [6.45, 7) is 16.6. The zero-order chi connectivity index (χ0) is 19.7. The number of aromatic nitrogens is 2. The number of rotatable bonds is 5. The van der Waals surface area contributed by atoms with Gasteiger partial charge in [-0.25, -0.2) is 9.13 Å².